The summed E-state index contributed by atoms with van der Waals surface area (Å²) in [6, 6.07) is 6.48. The summed E-state index contributed by atoms with van der Waals surface area (Å²) in [5, 5.41) is 4.49. The van der Waals surface area contributed by atoms with E-state index in [9.17, 15) is 0 Å². The molecular formula is C14H18BrNO2. The van der Waals surface area contributed by atoms with E-state index < -0.39 is 0 Å². The van der Waals surface area contributed by atoms with Gasteiger partial charge in [0.15, 0.2) is 0 Å². The molecule has 1 heterocycles. The van der Waals surface area contributed by atoms with Crippen LogP contribution in [0.15, 0.2) is 27.1 Å². The minimum Gasteiger partial charge on any atom is -0.459 e. The highest BCUT2D eigenvalue weighted by Gasteiger charge is 2.14. The maximum Gasteiger partial charge on any atom is 0.134 e. The molecule has 0 fully saturated rings. The lowest BCUT2D eigenvalue weighted by Gasteiger charge is -2.07. The Morgan fingerprint density at radius 2 is 2.17 bits per heavy atom. The Kier molecular flexibility index (Phi) is 4.43. The van der Waals surface area contributed by atoms with Gasteiger partial charge in [-0.15, -0.1) is 0 Å². The highest BCUT2D eigenvalue weighted by Crippen LogP contribution is 2.29. The van der Waals surface area contributed by atoms with Crippen LogP contribution >= 0.6 is 15.9 Å². The molecule has 0 aliphatic carbocycles. The Labute approximate surface area is 116 Å². The van der Waals surface area contributed by atoms with Crippen molar-refractivity contribution < 1.29 is 9.15 Å². The van der Waals surface area contributed by atoms with E-state index in [2.05, 4.69) is 41.2 Å². The van der Waals surface area contributed by atoms with Gasteiger partial charge in [0.25, 0.3) is 0 Å². The number of fused-ring (bicyclic) bond motifs is 1. The first kappa shape index (κ1) is 13.6. The quantitative estimate of drug-likeness (QED) is 0.911. The number of halogens is 1. The lowest BCUT2D eigenvalue weighted by Crippen LogP contribution is -2.22. The number of rotatable bonds is 5. The number of hydrogen-bond acceptors (Lipinski definition) is 3. The predicted molar refractivity (Wildman–Crippen MR) is 76.6 cm³/mol. The van der Waals surface area contributed by atoms with Gasteiger partial charge in [0.05, 0.1) is 13.2 Å². The van der Waals surface area contributed by atoms with Crippen LogP contribution in [0.25, 0.3) is 11.0 Å². The van der Waals surface area contributed by atoms with Crippen molar-refractivity contribution in [1.29, 1.82) is 0 Å². The molecule has 0 spiro atoms. The van der Waals surface area contributed by atoms with Crippen LogP contribution in [0, 0.1) is 0 Å². The van der Waals surface area contributed by atoms with Crippen molar-refractivity contribution in [3.63, 3.8) is 0 Å². The second-order valence-electron chi connectivity index (χ2n) is 4.61. The monoisotopic (exact) mass is 311 g/mol. The topological polar surface area (TPSA) is 34.4 Å². The molecule has 0 aliphatic heterocycles. The van der Waals surface area contributed by atoms with Crippen molar-refractivity contribution in [2.75, 3.05) is 7.11 Å². The van der Waals surface area contributed by atoms with Crippen LogP contribution in [0.1, 0.15) is 25.2 Å². The van der Waals surface area contributed by atoms with Crippen molar-refractivity contribution in [3.05, 3.63) is 34.0 Å². The Bertz CT molecular complexity index is 534. The van der Waals surface area contributed by atoms with Gasteiger partial charge in [-0.1, -0.05) is 29.8 Å². The molecule has 2 rings (SSSR count). The first-order valence-electron chi connectivity index (χ1n) is 6.04. The molecule has 0 amide bonds. The van der Waals surface area contributed by atoms with Gasteiger partial charge in [0, 0.05) is 28.6 Å². The number of furan rings is 1. The maximum atomic E-state index is 5.89. The van der Waals surface area contributed by atoms with Crippen LogP contribution in [0.2, 0.25) is 0 Å². The van der Waals surface area contributed by atoms with Crippen molar-refractivity contribution >= 4 is 26.9 Å². The summed E-state index contributed by atoms with van der Waals surface area (Å²) in [4.78, 5) is 0. The Morgan fingerprint density at radius 1 is 1.39 bits per heavy atom. The van der Waals surface area contributed by atoms with Gasteiger partial charge >= 0.3 is 0 Å². The third-order valence-corrected chi connectivity index (χ3v) is 3.29. The minimum absolute atomic E-state index is 0.431. The molecule has 4 heteroatoms. The first-order valence-corrected chi connectivity index (χ1v) is 6.83. The van der Waals surface area contributed by atoms with E-state index in [-0.39, 0.29) is 0 Å². The Balaban J connectivity index is 2.41. The lowest BCUT2D eigenvalue weighted by atomic mass is 10.1. The van der Waals surface area contributed by atoms with E-state index in [1.54, 1.807) is 7.11 Å². The molecule has 0 unspecified atom stereocenters. The fraction of sp³-hybridized carbons (Fsp3) is 0.429. The molecule has 0 radical (unpaired) electrons. The summed E-state index contributed by atoms with van der Waals surface area (Å²) in [7, 11) is 1.70. The summed E-state index contributed by atoms with van der Waals surface area (Å²) in [5.74, 6) is 0.957. The van der Waals surface area contributed by atoms with Crippen molar-refractivity contribution in [2.45, 2.75) is 33.0 Å². The van der Waals surface area contributed by atoms with Crippen molar-refractivity contribution in [3.8, 4) is 0 Å². The number of hydrogen-bond donors (Lipinski definition) is 1. The zero-order valence-corrected chi connectivity index (χ0v) is 12.5. The van der Waals surface area contributed by atoms with E-state index >= 15 is 0 Å². The minimum atomic E-state index is 0.431. The molecule has 0 bridgehead atoms. The van der Waals surface area contributed by atoms with Crippen LogP contribution in [-0.4, -0.2) is 13.2 Å². The Hall–Kier alpha value is -0.840. The van der Waals surface area contributed by atoms with E-state index in [4.69, 9.17) is 9.15 Å². The number of ether oxygens (including phenoxy) is 1. The highest BCUT2D eigenvalue weighted by atomic mass is 79.9. The summed E-state index contributed by atoms with van der Waals surface area (Å²) in [6.07, 6.45) is 0. The van der Waals surface area contributed by atoms with Gasteiger partial charge in [-0.2, -0.15) is 0 Å². The molecule has 98 valence electrons. The van der Waals surface area contributed by atoms with Crippen molar-refractivity contribution in [2.24, 2.45) is 0 Å². The number of benzene rings is 1. The van der Waals surface area contributed by atoms with E-state index in [1.807, 2.05) is 12.1 Å². The summed E-state index contributed by atoms with van der Waals surface area (Å²) in [6.45, 7) is 5.53. The van der Waals surface area contributed by atoms with E-state index in [0.717, 1.165) is 33.3 Å². The van der Waals surface area contributed by atoms with Crippen LogP contribution < -0.4 is 5.32 Å². The molecular weight excluding hydrogens is 294 g/mol. The molecule has 0 atom stereocenters. The Morgan fingerprint density at radius 3 is 2.83 bits per heavy atom. The molecule has 0 aliphatic rings. The fourth-order valence-electron chi connectivity index (χ4n) is 1.91. The van der Waals surface area contributed by atoms with Gasteiger partial charge in [0.2, 0.25) is 0 Å². The van der Waals surface area contributed by atoms with Crippen LogP contribution in [0.5, 0.6) is 0 Å². The van der Waals surface area contributed by atoms with Gasteiger partial charge < -0.3 is 14.5 Å². The van der Waals surface area contributed by atoms with Crippen LogP contribution in [-0.2, 0) is 17.9 Å². The zero-order chi connectivity index (χ0) is 13.1. The smallest absolute Gasteiger partial charge is 0.134 e. The zero-order valence-electron chi connectivity index (χ0n) is 10.9. The number of nitrogens with one attached hydrogen (secondary N) is 1. The molecule has 0 saturated carbocycles. The molecule has 3 nitrogen and oxygen atoms in total. The average Bonchev–Trinajstić information content (AvgIpc) is 2.65. The molecule has 1 N–H and O–H groups in total. The van der Waals surface area contributed by atoms with Gasteiger partial charge in [0.1, 0.15) is 11.3 Å². The normalized spacial score (nSPS) is 11.6. The molecule has 1 aromatic heterocycles. The third kappa shape index (κ3) is 2.94. The second kappa shape index (κ2) is 5.87. The van der Waals surface area contributed by atoms with Crippen LogP contribution in [0.4, 0.5) is 0 Å². The van der Waals surface area contributed by atoms with E-state index in [1.165, 1.54) is 0 Å². The maximum absolute atomic E-state index is 5.89. The van der Waals surface area contributed by atoms with Gasteiger partial charge in [-0.25, -0.2) is 0 Å². The predicted octanol–water partition coefficient (Wildman–Crippen LogP) is 3.84. The SMILES string of the molecule is COCc1c(CNC(C)C)oc2ccc(Br)cc12. The van der Waals surface area contributed by atoms with E-state index in [0.29, 0.717) is 12.6 Å². The summed E-state index contributed by atoms with van der Waals surface area (Å²) >= 11 is 3.49. The van der Waals surface area contributed by atoms with Crippen molar-refractivity contribution in [1.82, 2.24) is 5.32 Å². The molecule has 0 saturated heterocycles. The molecule has 2 aromatic rings. The fourth-order valence-corrected chi connectivity index (χ4v) is 2.27. The molecule has 18 heavy (non-hydrogen) atoms. The summed E-state index contributed by atoms with van der Waals surface area (Å²) < 4.78 is 12.2. The third-order valence-electron chi connectivity index (χ3n) is 2.80. The lowest BCUT2D eigenvalue weighted by molar-refractivity contribution is 0.183. The summed E-state index contributed by atoms with van der Waals surface area (Å²) in [5.41, 5.74) is 2.03. The average molecular weight is 312 g/mol. The van der Waals surface area contributed by atoms with Crippen LogP contribution in [0.3, 0.4) is 0 Å². The van der Waals surface area contributed by atoms with Gasteiger partial charge in [-0.3, -0.25) is 0 Å². The second-order valence-corrected chi connectivity index (χ2v) is 5.53. The van der Waals surface area contributed by atoms with Gasteiger partial charge in [-0.05, 0) is 18.2 Å². The highest BCUT2D eigenvalue weighted by molar-refractivity contribution is 9.10. The molecule has 1 aromatic carbocycles. The largest absolute Gasteiger partial charge is 0.459 e. The number of methoxy groups -OCH3 is 1. The standard InChI is InChI=1S/C14H18BrNO2/c1-9(2)16-7-14-12(8-17-3)11-6-10(15)4-5-13(11)18-14/h4-6,9,16H,7-8H2,1-3H3. The first-order chi connectivity index (χ1) is 8.61.